The molecule has 54 valence electrons. The van der Waals surface area contributed by atoms with Gasteiger partial charge in [-0.2, -0.15) is 0 Å². The van der Waals surface area contributed by atoms with E-state index in [1.54, 1.807) is 12.1 Å². The van der Waals surface area contributed by atoms with E-state index in [0.717, 1.165) is 5.56 Å². The number of phenols is 1. The summed E-state index contributed by atoms with van der Waals surface area (Å²) < 4.78 is 0.167. The average Bonchev–Trinajstić information content (AvgIpc) is 1.88. The van der Waals surface area contributed by atoms with Gasteiger partial charge in [-0.15, -0.1) is 0 Å². The molecule has 0 saturated heterocycles. The summed E-state index contributed by atoms with van der Waals surface area (Å²) in [5.74, 6) is 0.296. The maximum Gasteiger partial charge on any atom is 0.115 e. The highest BCUT2D eigenvalue weighted by Gasteiger charge is 1.99. The SMILES string of the molecule is Oc1ccc(C(Br)Br)cc1. The third-order valence-electron chi connectivity index (χ3n) is 1.15. The van der Waals surface area contributed by atoms with E-state index in [1.165, 1.54) is 0 Å². The van der Waals surface area contributed by atoms with Gasteiger partial charge in [0.25, 0.3) is 0 Å². The summed E-state index contributed by atoms with van der Waals surface area (Å²) in [4.78, 5) is 0. The van der Waals surface area contributed by atoms with Crippen LogP contribution in [-0.2, 0) is 0 Å². The predicted molar refractivity (Wildman–Crippen MR) is 48.7 cm³/mol. The number of aromatic hydroxyl groups is 1. The first-order chi connectivity index (χ1) is 4.70. The van der Waals surface area contributed by atoms with Crippen molar-refractivity contribution >= 4 is 31.9 Å². The maximum absolute atomic E-state index is 8.91. The Labute approximate surface area is 76.3 Å². The molecule has 0 heterocycles. The van der Waals surface area contributed by atoms with Gasteiger partial charge in [0, 0.05) is 0 Å². The Hall–Kier alpha value is -0.0200. The molecule has 0 unspecified atom stereocenters. The number of hydrogen-bond donors (Lipinski definition) is 1. The summed E-state index contributed by atoms with van der Waals surface area (Å²) in [5.41, 5.74) is 1.10. The summed E-state index contributed by atoms with van der Waals surface area (Å²) >= 11 is 6.68. The lowest BCUT2D eigenvalue weighted by atomic mass is 10.2. The Balaban J connectivity index is 2.89. The minimum absolute atomic E-state index is 0.167. The molecule has 0 aliphatic rings. The summed E-state index contributed by atoms with van der Waals surface area (Å²) in [7, 11) is 0. The number of rotatable bonds is 1. The standard InChI is InChI=1S/C7H6Br2O/c8-7(9)5-1-3-6(10)4-2-5/h1-4,7,10H. The van der Waals surface area contributed by atoms with Gasteiger partial charge in [0.15, 0.2) is 0 Å². The van der Waals surface area contributed by atoms with Gasteiger partial charge in [-0.05, 0) is 17.7 Å². The Morgan fingerprint density at radius 2 is 1.60 bits per heavy atom. The van der Waals surface area contributed by atoms with Crippen LogP contribution in [0.25, 0.3) is 0 Å². The van der Waals surface area contributed by atoms with Gasteiger partial charge in [0.2, 0.25) is 0 Å². The third-order valence-corrected chi connectivity index (χ3v) is 2.20. The van der Waals surface area contributed by atoms with Crippen LogP contribution in [0.1, 0.15) is 9.30 Å². The lowest BCUT2D eigenvalue weighted by Crippen LogP contribution is -1.76. The lowest BCUT2D eigenvalue weighted by Gasteiger charge is -1.99. The smallest absolute Gasteiger partial charge is 0.115 e. The van der Waals surface area contributed by atoms with Crippen molar-refractivity contribution in [1.29, 1.82) is 0 Å². The summed E-state index contributed by atoms with van der Waals surface area (Å²) in [6.45, 7) is 0. The Morgan fingerprint density at radius 1 is 1.10 bits per heavy atom. The second-order valence-corrected chi connectivity index (χ2v) is 4.95. The molecule has 0 aromatic heterocycles. The second-order valence-electron chi connectivity index (χ2n) is 1.89. The molecular formula is C7H6Br2O. The molecule has 3 heteroatoms. The Kier molecular flexibility index (Phi) is 2.74. The molecule has 10 heavy (non-hydrogen) atoms. The molecule has 1 rings (SSSR count). The normalized spacial score (nSPS) is 10.3. The molecule has 1 nitrogen and oxygen atoms in total. The van der Waals surface area contributed by atoms with Gasteiger partial charge in [-0.3, -0.25) is 0 Å². The molecule has 0 radical (unpaired) electrons. The zero-order valence-corrected chi connectivity index (χ0v) is 8.26. The zero-order valence-electron chi connectivity index (χ0n) is 5.09. The van der Waals surface area contributed by atoms with Crippen molar-refractivity contribution in [2.75, 3.05) is 0 Å². The largest absolute Gasteiger partial charge is 0.508 e. The van der Waals surface area contributed by atoms with Crippen LogP contribution >= 0.6 is 31.9 Å². The first-order valence-corrected chi connectivity index (χ1v) is 4.60. The van der Waals surface area contributed by atoms with E-state index in [4.69, 9.17) is 5.11 Å². The van der Waals surface area contributed by atoms with E-state index in [-0.39, 0.29) is 3.74 Å². The highest BCUT2D eigenvalue weighted by molar-refractivity contribution is 9.24. The monoisotopic (exact) mass is 264 g/mol. The summed E-state index contributed by atoms with van der Waals surface area (Å²) in [6, 6.07) is 7.02. The van der Waals surface area contributed by atoms with E-state index in [2.05, 4.69) is 31.9 Å². The minimum atomic E-state index is 0.167. The Morgan fingerprint density at radius 3 is 2.00 bits per heavy atom. The van der Waals surface area contributed by atoms with Crippen LogP contribution in [0.5, 0.6) is 5.75 Å². The lowest BCUT2D eigenvalue weighted by molar-refractivity contribution is 0.475. The molecule has 0 saturated carbocycles. The van der Waals surface area contributed by atoms with Crippen LogP contribution < -0.4 is 0 Å². The van der Waals surface area contributed by atoms with E-state index in [1.807, 2.05) is 12.1 Å². The predicted octanol–water partition coefficient (Wildman–Crippen LogP) is 3.18. The molecule has 1 aromatic rings. The van der Waals surface area contributed by atoms with Gasteiger partial charge in [0.1, 0.15) is 5.75 Å². The molecular weight excluding hydrogens is 260 g/mol. The van der Waals surface area contributed by atoms with Gasteiger partial charge in [-0.1, -0.05) is 44.0 Å². The fourth-order valence-electron chi connectivity index (χ4n) is 0.620. The quantitative estimate of drug-likeness (QED) is 0.774. The van der Waals surface area contributed by atoms with Crippen LogP contribution in [0.15, 0.2) is 24.3 Å². The van der Waals surface area contributed by atoms with Crippen molar-refractivity contribution in [2.24, 2.45) is 0 Å². The number of hydrogen-bond acceptors (Lipinski definition) is 1. The van der Waals surface area contributed by atoms with Crippen LogP contribution in [0, 0.1) is 0 Å². The highest BCUT2D eigenvalue weighted by atomic mass is 79.9. The van der Waals surface area contributed by atoms with Crippen LogP contribution in [0.2, 0.25) is 0 Å². The zero-order chi connectivity index (χ0) is 7.56. The van der Waals surface area contributed by atoms with Crippen LogP contribution in [-0.4, -0.2) is 5.11 Å². The van der Waals surface area contributed by atoms with Crippen molar-refractivity contribution in [3.05, 3.63) is 29.8 Å². The maximum atomic E-state index is 8.91. The van der Waals surface area contributed by atoms with E-state index in [9.17, 15) is 0 Å². The first-order valence-electron chi connectivity index (χ1n) is 2.77. The minimum Gasteiger partial charge on any atom is -0.508 e. The summed E-state index contributed by atoms with van der Waals surface area (Å²) in [5, 5.41) is 8.91. The molecule has 0 bridgehead atoms. The van der Waals surface area contributed by atoms with Gasteiger partial charge in [-0.25, -0.2) is 0 Å². The molecule has 0 atom stereocenters. The van der Waals surface area contributed by atoms with E-state index >= 15 is 0 Å². The molecule has 0 spiro atoms. The topological polar surface area (TPSA) is 20.2 Å². The van der Waals surface area contributed by atoms with Gasteiger partial charge < -0.3 is 5.11 Å². The van der Waals surface area contributed by atoms with Crippen LogP contribution in [0.3, 0.4) is 0 Å². The van der Waals surface area contributed by atoms with Crippen LogP contribution in [0.4, 0.5) is 0 Å². The van der Waals surface area contributed by atoms with Crippen molar-refractivity contribution in [3.63, 3.8) is 0 Å². The third kappa shape index (κ3) is 1.99. The summed E-state index contributed by atoms with van der Waals surface area (Å²) in [6.07, 6.45) is 0. The number of alkyl halides is 2. The van der Waals surface area contributed by atoms with Gasteiger partial charge >= 0.3 is 0 Å². The Bertz CT molecular complexity index is 205. The van der Waals surface area contributed by atoms with E-state index < -0.39 is 0 Å². The number of halogens is 2. The molecule has 1 aromatic carbocycles. The van der Waals surface area contributed by atoms with Crippen molar-refractivity contribution in [1.82, 2.24) is 0 Å². The highest BCUT2D eigenvalue weighted by Crippen LogP contribution is 2.29. The van der Waals surface area contributed by atoms with Crippen molar-refractivity contribution in [2.45, 2.75) is 3.74 Å². The molecule has 0 aliphatic carbocycles. The average molecular weight is 266 g/mol. The van der Waals surface area contributed by atoms with E-state index in [0.29, 0.717) is 5.75 Å². The second kappa shape index (κ2) is 3.39. The van der Waals surface area contributed by atoms with Crippen molar-refractivity contribution in [3.8, 4) is 5.75 Å². The fourth-order valence-corrected chi connectivity index (χ4v) is 1.23. The fraction of sp³-hybridized carbons (Fsp3) is 0.143. The first kappa shape index (κ1) is 8.08. The molecule has 1 N–H and O–H groups in total. The van der Waals surface area contributed by atoms with Gasteiger partial charge in [0.05, 0.1) is 3.74 Å². The van der Waals surface area contributed by atoms with Crippen molar-refractivity contribution < 1.29 is 5.11 Å². The molecule has 0 amide bonds. The number of benzene rings is 1. The molecule has 0 aliphatic heterocycles. The molecule has 0 fully saturated rings. The number of phenolic OH excluding ortho intramolecular Hbond substituents is 1.